The first-order valence-corrected chi connectivity index (χ1v) is 10.9. The second-order valence-electron chi connectivity index (χ2n) is 8.36. The molecular formula is C25H29N3O. The zero-order chi connectivity index (χ0) is 19.8. The first-order chi connectivity index (χ1) is 14.2. The van der Waals surface area contributed by atoms with E-state index >= 15 is 0 Å². The molecule has 0 spiro atoms. The Kier molecular flexibility index (Phi) is 4.88. The van der Waals surface area contributed by atoms with Gasteiger partial charge in [0.1, 0.15) is 0 Å². The van der Waals surface area contributed by atoms with Gasteiger partial charge >= 0.3 is 0 Å². The lowest BCUT2D eigenvalue weighted by molar-refractivity contribution is -0.131. The third kappa shape index (κ3) is 3.36. The lowest BCUT2D eigenvalue weighted by atomic mass is 9.79. The Hall–Kier alpha value is -2.59. The molecule has 0 saturated carbocycles. The van der Waals surface area contributed by atoms with Gasteiger partial charge in [0.25, 0.3) is 0 Å². The molecule has 3 aliphatic rings. The van der Waals surface area contributed by atoms with Crippen LogP contribution in [0.3, 0.4) is 0 Å². The van der Waals surface area contributed by atoms with E-state index in [4.69, 9.17) is 5.73 Å². The van der Waals surface area contributed by atoms with Crippen molar-refractivity contribution in [3.8, 4) is 0 Å². The molecule has 2 aromatic carbocycles. The topological polar surface area (TPSA) is 49.6 Å². The standard InChI is InChI=1S/C25H29N3O/c26-12-11-25(29)28-15-13-27(14-16-28)20-7-10-22-19(17-20)6-9-23-21-4-2-1-3-18(21)5-8-24(22)23/h2,4,6-7,9-10,17H,1,3,5,8,11-16,26H2. The number of carbonyl (C=O) groups excluding carboxylic acids is 1. The molecular weight excluding hydrogens is 358 g/mol. The zero-order valence-electron chi connectivity index (χ0n) is 17.0. The Morgan fingerprint density at radius 1 is 1.00 bits per heavy atom. The minimum absolute atomic E-state index is 0.183. The predicted octanol–water partition coefficient (Wildman–Crippen LogP) is 3.89. The number of hydrogen-bond donors (Lipinski definition) is 1. The van der Waals surface area contributed by atoms with Gasteiger partial charge in [0.05, 0.1) is 0 Å². The summed E-state index contributed by atoms with van der Waals surface area (Å²) in [6.45, 7) is 3.76. The number of fused-ring (bicyclic) bond motifs is 4. The van der Waals surface area contributed by atoms with E-state index < -0.39 is 0 Å². The number of aryl methyl sites for hydroxylation is 1. The third-order valence-electron chi connectivity index (χ3n) is 6.72. The second-order valence-corrected chi connectivity index (χ2v) is 8.36. The Morgan fingerprint density at radius 2 is 1.86 bits per heavy atom. The average Bonchev–Trinajstić information content (AvgIpc) is 2.78. The quantitative estimate of drug-likeness (QED) is 0.869. The van der Waals surface area contributed by atoms with Gasteiger partial charge in [0, 0.05) is 44.8 Å². The summed E-state index contributed by atoms with van der Waals surface area (Å²) in [6, 6.07) is 11.5. The van der Waals surface area contributed by atoms with E-state index in [0.717, 1.165) is 32.6 Å². The molecule has 1 saturated heterocycles. The third-order valence-corrected chi connectivity index (χ3v) is 6.72. The van der Waals surface area contributed by atoms with E-state index in [1.54, 1.807) is 5.57 Å². The predicted molar refractivity (Wildman–Crippen MR) is 120 cm³/mol. The monoisotopic (exact) mass is 387 g/mol. The number of nitrogens with two attached hydrogens (primary N) is 1. The summed E-state index contributed by atoms with van der Waals surface area (Å²) < 4.78 is 0. The van der Waals surface area contributed by atoms with E-state index in [9.17, 15) is 4.79 Å². The number of rotatable bonds is 3. The summed E-state index contributed by atoms with van der Waals surface area (Å²) in [5, 5.41) is 2.72. The van der Waals surface area contributed by atoms with Crippen LogP contribution in [-0.4, -0.2) is 43.5 Å². The molecule has 150 valence electrons. The fourth-order valence-electron chi connectivity index (χ4n) is 5.12. The first-order valence-electron chi connectivity index (χ1n) is 10.9. The number of benzene rings is 2. The van der Waals surface area contributed by atoms with Crippen molar-refractivity contribution < 1.29 is 4.79 Å². The van der Waals surface area contributed by atoms with Crippen LogP contribution in [0, 0.1) is 0 Å². The fourth-order valence-corrected chi connectivity index (χ4v) is 5.12. The van der Waals surface area contributed by atoms with Crippen LogP contribution in [-0.2, 0) is 11.2 Å². The van der Waals surface area contributed by atoms with Gasteiger partial charge in [-0.3, -0.25) is 4.79 Å². The van der Waals surface area contributed by atoms with Crippen molar-refractivity contribution in [3.63, 3.8) is 0 Å². The minimum atomic E-state index is 0.183. The maximum atomic E-state index is 12.1. The number of anilines is 1. The van der Waals surface area contributed by atoms with Gasteiger partial charge in [-0.15, -0.1) is 0 Å². The molecule has 0 atom stereocenters. The van der Waals surface area contributed by atoms with Gasteiger partial charge < -0.3 is 15.5 Å². The molecule has 0 unspecified atom stereocenters. The van der Waals surface area contributed by atoms with Crippen molar-refractivity contribution in [2.24, 2.45) is 5.73 Å². The average molecular weight is 388 g/mol. The molecule has 5 rings (SSSR count). The molecule has 1 heterocycles. The first kappa shape index (κ1) is 18.4. The van der Waals surface area contributed by atoms with Crippen molar-refractivity contribution in [1.29, 1.82) is 0 Å². The van der Waals surface area contributed by atoms with E-state index in [1.165, 1.54) is 52.4 Å². The molecule has 4 heteroatoms. The summed E-state index contributed by atoms with van der Waals surface area (Å²) in [4.78, 5) is 16.4. The van der Waals surface area contributed by atoms with E-state index in [2.05, 4.69) is 47.4 Å². The number of allylic oxidation sites excluding steroid dienone is 4. The van der Waals surface area contributed by atoms with Crippen LogP contribution in [0.2, 0.25) is 0 Å². The molecule has 0 radical (unpaired) electrons. The molecule has 29 heavy (non-hydrogen) atoms. The van der Waals surface area contributed by atoms with Crippen LogP contribution in [0.15, 0.2) is 48.1 Å². The Labute approximate surface area is 172 Å². The van der Waals surface area contributed by atoms with Crippen LogP contribution in [0.5, 0.6) is 0 Å². The van der Waals surface area contributed by atoms with E-state index in [1.807, 2.05) is 4.90 Å². The molecule has 1 amide bonds. The van der Waals surface area contributed by atoms with Gasteiger partial charge in [0.2, 0.25) is 5.91 Å². The highest BCUT2D eigenvalue weighted by molar-refractivity contribution is 5.95. The van der Waals surface area contributed by atoms with Gasteiger partial charge in [-0.25, -0.2) is 0 Å². The SMILES string of the molecule is NCCC(=O)N1CCN(c2ccc3c4c(ccc3c2)C2=C(CCC=C2)CC4)CC1. The number of nitrogens with zero attached hydrogens (tertiary/aromatic N) is 2. The van der Waals surface area contributed by atoms with Crippen LogP contribution in [0.25, 0.3) is 16.3 Å². The maximum Gasteiger partial charge on any atom is 0.223 e. The number of carbonyl (C=O) groups is 1. The molecule has 2 aromatic rings. The molecule has 2 N–H and O–H groups in total. The molecule has 1 fully saturated rings. The molecule has 2 aliphatic carbocycles. The highest BCUT2D eigenvalue weighted by Crippen LogP contribution is 2.40. The number of hydrogen-bond acceptors (Lipinski definition) is 3. The number of piperazine rings is 1. The van der Waals surface area contributed by atoms with Crippen molar-refractivity contribution in [2.75, 3.05) is 37.6 Å². The maximum absolute atomic E-state index is 12.1. The van der Waals surface area contributed by atoms with Crippen LogP contribution in [0.4, 0.5) is 5.69 Å². The summed E-state index contributed by atoms with van der Waals surface area (Å²) in [6.07, 6.45) is 9.88. The van der Waals surface area contributed by atoms with Crippen molar-refractivity contribution >= 4 is 27.9 Å². The molecule has 4 nitrogen and oxygen atoms in total. The Morgan fingerprint density at radius 3 is 2.69 bits per heavy atom. The molecule has 0 aromatic heterocycles. The smallest absolute Gasteiger partial charge is 0.223 e. The van der Waals surface area contributed by atoms with Crippen LogP contribution >= 0.6 is 0 Å². The van der Waals surface area contributed by atoms with E-state index in [-0.39, 0.29) is 5.91 Å². The highest BCUT2D eigenvalue weighted by Gasteiger charge is 2.23. The zero-order valence-corrected chi connectivity index (χ0v) is 17.0. The lowest BCUT2D eigenvalue weighted by Gasteiger charge is -2.36. The fraction of sp³-hybridized carbons (Fsp3) is 0.400. The highest BCUT2D eigenvalue weighted by atomic mass is 16.2. The normalized spacial score (nSPS) is 18.8. The summed E-state index contributed by atoms with van der Waals surface area (Å²) >= 11 is 0. The number of amides is 1. The molecule has 1 aliphatic heterocycles. The largest absolute Gasteiger partial charge is 0.368 e. The van der Waals surface area contributed by atoms with Crippen molar-refractivity contribution in [1.82, 2.24) is 4.90 Å². The van der Waals surface area contributed by atoms with E-state index in [0.29, 0.717) is 13.0 Å². The van der Waals surface area contributed by atoms with Crippen LogP contribution in [0.1, 0.15) is 36.8 Å². The van der Waals surface area contributed by atoms with Gasteiger partial charge in [-0.05, 0) is 65.3 Å². The Balaban J connectivity index is 1.39. The minimum Gasteiger partial charge on any atom is -0.368 e. The van der Waals surface area contributed by atoms with Gasteiger partial charge in [0.15, 0.2) is 0 Å². The van der Waals surface area contributed by atoms with Gasteiger partial charge in [-0.1, -0.05) is 35.9 Å². The van der Waals surface area contributed by atoms with Crippen molar-refractivity contribution in [3.05, 3.63) is 59.2 Å². The van der Waals surface area contributed by atoms with Crippen molar-refractivity contribution in [2.45, 2.75) is 32.1 Å². The molecule has 0 bridgehead atoms. The summed E-state index contributed by atoms with van der Waals surface area (Å²) in [7, 11) is 0. The lowest BCUT2D eigenvalue weighted by Crippen LogP contribution is -2.49. The summed E-state index contributed by atoms with van der Waals surface area (Å²) in [5.41, 5.74) is 12.8. The Bertz CT molecular complexity index is 1010. The summed E-state index contributed by atoms with van der Waals surface area (Å²) in [5.74, 6) is 0.183. The van der Waals surface area contributed by atoms with Gasteiger partial charge in [-0.2, -0.15) is 0 Å². The van der Waals surface area contributed by atoms with Crippen LogP contribution < -0.4 is 10.6 Å². The second kappa shape index (κ2) is 7.68.